The molecule has 0 amide bonds. The number of hydrogen-bond acceptors (Lipinski definition) is 6. The molecule has 0 radical (unpaired) electrons. The van der Waals surface area contributed by atoms with Crippen molar-refractivity contribution in [2.24, 2.45) is 0 Å². The van der Waals surface area contributed by atoms with Crippen LogP contribution in [0.5, 0.6) is 0 Å². The minimum Gasteiger partial charge on any atom is -0.319 e. The Hall–Kier alpha value is -1.14. The third-order valence-corrected chi connectivity index (χ3v) is 5.80. The van der Waals surface area contributed by atoms with E-state index in [-0.39, 0.29) is 10.6 Å². The summed E-state index contributed by atoms with van der Waals surface area (Å²) in [6.07, 6.45) is 0.820. The first kappa shape index (κ1) is 19.2. The maximum absolute atomic E-state index is 11.2. The summed E-state index contributed by atoms with van der Waals surface area (Å²) < 4.78 is 63.7. The van der Waals surface area contributed by atoms with Crippen molar-refractivity contribution < 1.29 is 25.9 Å². The monoisotopic (exact) mass is 394 g/mol. The van der Waals surface area contributed by atoms with Crippen LogP contribution in [0.3, 0.4) is 0 Å². The van der Waals surface area contributed by atoms with Gasteiger partial charge in [-0.25, -0.2) is 4.98 Å². The summed E-state index contributed by atoms with van der Waals surface area (Å²) in [7, 11) is -8.27. The molecule has 2 aromatic rings. The zero-order chi connectivity index (χ0) is 18.0. The SMILES string of the molecule is CCSc1nc2cc(S(=O)(=O)O)ccc2n1CCCCS(=O)(=O)O. The third kappa shape index (κ3) is 4.93. The van der Waals surface area contributed by atoms with Crippen molar-refractivity contribution in [1.29, 1.82) is 0 Å². The molecule has 1 heterocycles. The lowest BCUT2D eigenvalue weighted by molar-refractivity contribution is 0.477. The minimum absolute atomic E-state index is 0.223. The van der Waals surface area contributed by atoms with E-state index in [0.717, 1.165) is 5.75 Å². The molecule has 11 heteroatoms. The number of fused-ring (bicyclic) bond motifs is 1. The van der Waals surface area contributed by atoms with Crippen molar-refractivity contribution in [2.45, 2.75) is 36.4 Å². The Labute approximate surface area is 144 Å². The Kier molecular flexibility index (Phi) is 5.91. The summed E-state index contributed by atoms with van der Waals surface area (Å²) >= 11 is 1.48. The molecule has 134 valence electrons. The smallest absolute Gasteiger partial charge is 0.294 e. The lowest BCUT2D eigenvalue weighted by Crippen LogP contribution is -2.06. The number of aryl methyl sites for hydroxylation is 1. The lowest BCUT2D eigenvalue weighted by Gasteiger charge is -2.08. The number of aromatic nitrogens is 2. The predicted octanol–water partition coefficient (Wildman–Crippen LogP) is 2.06. The van der Waals surface area contributed by atoms with Crippen LogP contribution in [0.4, 0.5) is 0 Å². The van der Waals surface area contributed by atoms with Gasteiger partial charge in [-0.15, -0.1) is 0 Å². The molecule has 0 saturated carbocycles. The quantitative estimate of drug-likeness (QED) is 0.396. The van der Waals surface area contributed by atoms with Gasteiger partial charge in [-0.05, 0) is 36.8 Å². The third-order valence-electron chi connectivity index (χ3n) is 3.29. The van der Waals surface area contributed by atoms with Crippen molar-refractivity contribution >= 4 is 43.0 Å². The highest BCUT2D eigenvalue weighted by molar-refractivity contribution is 7.99. The highest BCUT2D eigenvalue weighted by atomic mass is 32.2. The molecule has 1 aromatic heterocycles. The molecule has 1 aromatic carbocycles. The second-order valence-corrected chi connectivity index (χ2v) is 9.32. The van der Waals surface area contributed by atoms with Crippen LogP contribution in [-0.4, -0.2) is 47.0 Å². The number of rotatable bonds is 8. The van der Waals surface area contributed by atoms with Gasteiger partial charge in [0.15, 0.2) is 5.16 Å². The molecule has 2 N–H and O–H groups in total. The van der Waals surface area contributed by atoms with Crippen molar-refractivity contribution in [3.05, 3.63) is 18.2 Å². The summed E-state index contributed by atoms with van der Waals surface area (Å²) in [5.74, 6) is 0.461. The van der Waals surface area contributed by atoms with Gasteiger partial charge < -0.3 is 4.57 Å². The topological polar surface area (TPSA) is 127 Å². The first-order chi connectivity index (χ1) is 11.1. The van der Waals surface area contributed by atoms with Gasteiger partial charge in [0.05, 0.1) is 21.7 Å². The van der Waals surface area contributed by atoms with E-state index in [1.807, 2.05) is 11.5 Å². The Bertz CT molecular complexity index is 934. The van der Waals surface area contributed by atoms with Gasteiger partial charge in [0.1, 0.15) is 0 Å². The number of benzene rings is 1. The molecule has 0 bridgehead atoms. The summed E-state index contributed by atoms with van der Waals surface area (Å²) in [5.41, 5.74) is 1.14. The van der Waals surface area contributed by atoms with Gasteiger partial charge >= 0.3 is 0 Å². The fraction of sp³-hybridized carbons (Fsp3) is 0.462. The van der Waals surface area contributed by atoms with Crippen LogP contribution in [0.2, 0.25) is 0 Å². The Morgan fingerprint density at radius 1 is 1.17 bits per heavy atom. The van der Waals surface area contributed by atoms with E-state index in [0.29, 0.717) is 35.6 Å². The van der Waals surface area contributed by atoms with Crippen molar-refractivity contribution in [1.82, 2.24) is 9.55 Å². The highest BCUT2D eigenvalue weighted by Crippen LogP contribution is 2.26. The summed E-state index contributed by atoms with van der Waals surface area (Å²) in [4.78, 5) is 4.16. The van der Waals surface area contributed by atoms with Crippen molar-refractivity contribution in [3.63, 3.8) is 0 Å². The van der Waals surface area contributed by atoms with Gasteiger partial charge in [-0.2, -0.15) is 16.8 Å². The lowest BCUT2D eigenvalue weighted by atomic mass is 10.3. The van der Waals surface area contributed by atoms with Gasteiger partial charge in [0.2, 0.25) is 0 Å². The van der Waals surface area contributed by atoms with E-state index >= 15 is 0 Å². The molecule has 0 atom stereocenters. The Balaban J connectivity index is 2.31. The molecule has 8 nitrogen and oxygen atoms in total. The Morgan fingerprint density at radius 2 is 1.88 bits per heavy atom. The fourth-order valence-corrected chi connectivity index (χ4v) is 4.09. The van der Waals surface area contributed by atoms with Crippen LogP contribution in [0, 0.1) is 0 Å². The normalized spacial score (nSPS) is 12.8. The first-order valence-electron chi connectivity index (χ1n) is 7.17. The summed E-state index contributed by atoms with van der Waals surface area (Å²) in [6, 6.07) is 4.17. The van der Waals surface area contributed by atoms with E-state index in [9.17, 15) is 16.8 Å². The molecule has 0 aliphatic heterocycles. The summed E-state index contributed by atoms with van der Waals surface area (Å²) in [6.45, 7) is 2.44. The van der Waals surface area contributed by atoms with Crippen LogP contribution in [-0.2, 0) is 26.8 Å². The van der Waals surface area contributed by atoms with Crippen molar-refractivity contribution in [3.8, 4) is 0 Å². The molecule has 0 aliphatic rings. The molecule has 2 rings (SSSR count). The molecule has 0 saturated heterocycles. The molecule has 24 heavy (non-hydrogen) atoms. The summed E-state index contributed by atoms with van der Waals surface area (Å²) in [5, 5.41) is 0.687. The second-order valence-electron chi connectivity index (χ2n) is 5.10. The van der Waals surface area contributed by atoms with Crippen LogP contribution < -0.4 is 0 Å². The largest absolute Gasteiger partial charge is 0.319 e. The van der Waals surface area contributed by atoms with E-state index in [4.69, 9.17) is 9.11 Å². The van der Waals surface area contributed by atoms with Crippen LogP contribution in [0.25, 0.3) is 11.0 Å². The number of nitrogens with zero attached hydrogens (tertiary/aromatic N) is 2. The van der Waals surface area contributed by atoms with E-state index in [2.05, 4.69) is 4.98 Å². The highest BCUT2D eigenvalue weighted by Gasteiger charge is 2.15. The zero-order valence-electron chi connectivity index (χ0n) is 12.9. The maximum atomic E-state index is 11.2. The van der Waals surface area contributed by atoms with Gasteiger partial charge in [0.25, 0.3) is 20.2 Å². The fourth-order valence-electron chi connectivity index (χ4n) is 2.26. The maximum Gasteiger partial charge on any atom is 0.294 e. The average molecular weight is 394 g/mol. The molecular formula is C13H18N2O6S3. The number of imidazole rings is 1. The molecular weight excluding hydrogens is 376 g/mol. The second kappa shape index (κ2) is 7.40. The number of thioether (sulfide) groups is 1. The van der Waals surface area contributed by atoms with Gasteiger partial charge in [-0.3, -0.25) is 9.11 Å². The standard InChI is InChI=1S/C13H18N2O6S3/c1-2-22-13-14-11-9-10(24(19,20)21)5-6-12(11)15(13)7-3-4-8-23(16,17)18/h5-6,9H,2-4,7-8H2,1H3,(H,16,17,18)(H,19,20,21). The number of unbranched alkanes of at least 4 members (excludes halogenated alkanes) is 1. The van der Waals surface area contributed by atoms with Crippen LogP contribution in [0.15, 0.2) is 28.3 Å². The Morgan fingerprint density at radius 3 is 2.46 bits per heavy atom. The van der Waals surface area contributed by atoms with Crippen LogP contribution >= 0.6 is 11.8 Å². The van der Waals surface area contributed by atoms with E-state index < -0.39 is 20.2 Å². The molecule has 0 unspecified atom stereocenters. The predicted molar refractivity (Wildman–Crippen MR) is 91.6 cm³/mol. The minimum atomic E-state index is -4.30. The number of hydrogen-bond donors (Lipinski definition) is 2. The van der Waals surface area contributed by atoms with E-state index in [1.165, 1.54) is 23.9 Å². The first-order valence-corrected chi connectivity index (χ1v) is 11.2. The molecule has 0 spiro atoms. The zero-order valence-corrected chi connectivity index (χ0v) is 15.4. The van der Waals surface area contributed by atoms with Crippen LogP contribution in [0.1, 0.15) is 19.8 Å². The van der Waals surface area contributed by atoms with Gasteiger partial charge in [-0.1, -0.05) is 18.7 Å². The van der Waals surface area contributed by atoms with Crippen molar-refractivity contribution in [2.75, 3.05) is 11.5 Å². The molecule has 0 fully saturated rings. The van der Waals surface area contributed by atoms with E-state index in [1.54, 1.807) is 6.07 Å². The van der Waals surface area contributed by atoms with Gasteiger partial charge in [0, 0.05) is 6.54 Å². The average Bonchev–Trinajstić information content (AvgIpc) is 2.79. The molecule has 0 aliphatic carbocycles.